The average Bonchev–Trinajstić information content (AvgIpc) is 2.27. The fourth-order valence-electron chi connectivity index (χ4n) is 1.39. The lowest BCUT2D eigenvalue weighted by atomic mass is 10.3. The molecule has 0 aliphatic heterocycles. The van der Waals surface area contributed by atoms with Crippen LogP contribution in [0.3, 0.4) is 0 Å². The van der Waals surface area contributed by atoms with Crippen molar-refractivity contribution in [2.24, 2.45) is 0 Å². The van der Waals surface area contributed by atoms with Crippen LogP contribution in [-0.4, -0.2) is 26.0 Å². The van der Waals surface area contributed by atoms with Gasteiger partial charge >= 0.3 is 0 Å². The van der Waals surface area contributed by atoms with Crippen LogP contribution in [0.15, 0.2) is 24.3 Å². The molecule has 0 saturated heterocycles. The Labute approximate surface area is 102 Å². The van der Waals surface area contributed by atoms with Gasteiger partial charge in [0.2, 0.25) is 0 Å². The normalized spacial score (nSPS) is 13.4. The topological polar surface area (TPSA) is 46.2 Å². The second kappa shape index (κ2) is 6.00. The third-order valence-electron chi connectivity index (χ3n) is 2.73. The zero-order chi connectivity index (χ0) is 12.9. The number of halogens is 1. The maximum Gasteiger partial charge on any atom is 0.154 e. The summed E-state index contributed by atoms with van der Waals surface area (Å²) in [6.07, 6.45) is 0.613. The Balaban J connectivity index is 2.48. The molecule has 1 N–H and O–H groups in total. The largest absolute Gasteiger partial charge is 0.384 e. The van der Waals surface area contributed by atoms with E-state index in [1.54, 1.807) is 19.1 Å². The number of hydrogen-bond acceptors (Lipinski definition) is 3. The molecular weight excluding hydrogens is 241 g/mol. The number of anilines is 1. The molecule has 0 heterocycles. The highest BCUT2D eigenvalue weighted by Gasteiger charge is 2.17. The maximum atomic E-state index is 12.9. The highest BCUT2D eigenvalue weighted by molar-refractivity contribution is 7.92. The molecule has 0 bridgehead atoms. The minimum absolute atomic E-state index is 0.0680. The predicted molar refractivity (Wildman–Crippen MR) is 68.4 cm³/mol. The second-order valence-electron chi connectivity index (χ2n) is 4.02. The highest BCUT2D eigenvalue weighted by Crippen LogP contribution is 2.10. The van der Waals surface area contributed by atoms with Crippen molar-refractivity contribution in [1.82, 2.24) is 0 Å². The third-order valence-corrected chi connectivity index (χ3v) is 5.06. The summed E-state index contributed by atoms with van der Waals surface area (Å²) < 4.78 is 36.3. The minimum Gasteiger partial charge on any atom is -0.384 e. The number of rotatable bonds is 6. The highest BCUT2D eigenvalue weighted by atomic mass is 32.2. The molecule has 3 nitrogen and oxygen atoms in total. The SMILES string of the molecule is CCC(C)S(=O)(=O)CCNc1cccc(F)c1. The molecule has 1 unspecified atom stereocenters. The van der Waals surface area contributed by atoms with Gasteiger partial charge in [-0.15, -0.1) is 0 Å². The smallest absolute Gasteiger partial charge is 0.154 e. The molecule has 0 saturated carbocycles. The van der Waals surface area contributed by atoms with E-state index in [2.05, 4.69) is 5.32 Å². The van der Waals surface area contributed by atoms with E-state index in [0.717, 1.165) is 0 Å². The van der Waals surface area contributed by atoms with Crippen LogP contribution in [0.2, 0.25) is 0 Å². The van der Waals surface area contributed by atoms with Gasteiger partial charge in [0, 0.05) is 12.2 Å². The van der Waals surface area contributed by atoms with Gasteiger partial charge in [-0.1, -0.05) is 13.0 Å². The molecule has 0 spiro atoms. The number of sulfone groups is 1. The number of nitrogens with one attached hydrogen (secondary N) is 1. The quantitative estimate of drug-likeness (QED) is 0.853. The Bertz CT molecular complexity index is 459. The van der Waals surface area contributed by atoms with Gasteiger partial charge in [-0.2, -0.15) is 0 Å². The summed E-state index contributed by atoms with van der Waals surface area (Å²) in [5.74, 6) is -0.266. The van der Waals surface area contributed by atoms with Crippen LogP contribution in [0.1, 0.15) is 20.3 Å². The lowest BCUT2D eigenvalue weighted by Crippen LogP contribution is -2.24. The molecule has 1 atom stereocenters. The molecule has 1 aromatic carbocycles. The summed E-state index contributed by atoms with van der Waals surface area (Å²) >= 11 is 0. The molecule has 0 aromatic heterocycles. The molecule has 0 amide bonds. The summed E-state index contributed by atoms with van der Waals surface area (Å²) in [6.45, 7) is 3.86. The molecule has 0 aliphatic carbocycles. The molecule has 96 valence electrons. The summed E-state index contributed by atoms with van der Waals surface area (Å²) in [4.78, 5) is 0. The van der Waals surface area contributed by atoms with E-state index in [1.165, 1.54) is 12.1 Å². The van der Waals surface area contributed by atoms with E-state index < -0.39 is 9.84 Å². The second-order valence-corrected chi connectivity index (χ2v) is 6.56. The number of hydrogen-bond donors (Lipinski definition) is 1. The van der Waals surface area contributed by atoms with E-state index in [1.807, 2.05) is 6.92 Å². The van der Waals surface area contributed by atoms with Gasteiger partial charge in [0.25, 0.3) is 0 Å². The van der Waals surface area contributed by atoms with Crippen molar-refractivity contribution in [2.45, 2.75) is 25.5 Å². The Morgan fingerprint density at radius 1 is 1.41 bits per heavy atom. The van der Waals surface area contributed by atoms with Gasteiger partial charge in [-0.05, 0) is 31.5 Å². The van der Waals surface area contributed by atoms with E-state index in [-0.39, 0.29) is 16.8 Å². The molecule has 0 radical (unpaired) electrons. The van der Waals surface area contributed by atoms with Gasteiger partial charge < -0.3 is 5.32 Å². The first-order chi connectivity index (χ1) is 7.95. The first-order valence-electron chi connectivity index (χ1n) is 5.66. The molecule has 17 heavy (non-hydrogen) atoms. The van der Waals surface area contributed by atoms with Gasteiger partial charge in [0.05, 0.1) is 11.0 Å². The van der Waals surface area contributed by atoms with E-state index in [4.69, 9.17) is 0 Å². The van der Waals surface area contributed by atoms with Crippen LogP contribution in [0.25, 0.3) is 0 Å². The molecule has 0 fully saturated rings. The monoisotopic (exact) mass is 259 g/mol. The van der Waals surface area contributed by atoms with Crippen molar-refractivity contribution in [1.29, 1.82) is 0 Å². The molecular formula is C12H18FNO2S. The van der Waals surface area contributed by atoms with Crippen molar-refractivity contribution < 1.29 is 12.8 Å². The first-order valence-corrected chi connectivity index (χ1v) is 7.38. The summed E-state index contributed by atoms with van der Waals surface area (Å²) in [7, 11) is -3.05. The molecule has 1 aromatic rings. The van der Waals surface area contributed by atoms with Gasteiger partial charge in [-0.25, -0.2) is 12.8 Å². The molecule has 0 aliphatic rings. The van der Waals surface area contributed by atoms with Gasteiger partial charge in [0.15, 0.2) is 9.84 Å². The lowest BCUT2D eigenvalue weighted by Gasteiger charge is -2.11. The molecule has 1 rings (SSSR count). The first kappa shape index (κ1) is 14.0. The van der Waals surface area contributed by atoms with Crippen LogP contribution < -0.4 is 5.32 Å². The minimum atomic E-state index is -3.05. The Morgan fingerprint density at radius 2 is 2.12 bits per heavy atom. The number of benzene rings is 1. The Kier molecular flexibility index (Phi) is 4.93. The van der Waals surface area contributed by atoms with Crippen LogP contribution in [0.5, 0.6) is 0 Å². The standard InChI is InChI=1S/C12H18FNO2S/c1-3-10(2)17(15,16)8-7-14-12-6-4-5-11(13)9-12/h4-6,9-10,14H,3,7-8H2,1-2H3. The van der Waals surface area contributed by atoms with Crippen LogP contribution >= 0.6 is 0 Å². The summed E-state index contributed by atoms with van der Waals surface area (Å²) in [5.41, 5.74) is 0.601. The maximum absolute atomic E-state index is 12.9. The fraction of sp³-hybridized carbons (Fsp3) is 0.500. The Morgan fingerprint density at radius 3 is 2.71 bits per heavy atom. The van der Waals surface area contributed by atoms with Crippen LogP contribution in [-0.2, 0) is 9.84 Å². The predicted octanol–water partition coefficient (Wildman–Crippen LogP) is 2.45. The van der Waals surface area contributed by atoms with Crippen molar-refractivity contribution in [3.05, 3.63) is 30.1 Å². The lowest BCUT2D eigenvalue weighted by molar-refractivity contribution is 0.581. The van der Waals surface area contributed by atoms with E-state index in [9.17, 15) is 12.8 Å². The van der Waals surface area contributed by atoms with E-state index >= 15 is 0 Å². The fourth-order valence-corrected chi connectivity index (χ4v) is 2.69. The van der Waals surface area contributed by atoms with Crippen molar-refractivity contribution >= 4 is 15.5 Å². The summed E-state index contributed by atoms with van der Waals surface area (Å²) in [5, 5.41) is 2.58. The third kappa shape index (κ3) is 4.34. The van der Waals surface area contributed by atoms with Crippen molar-refractivity contribution in [3.8, 4) is 0 Å². The zero-order valence-corrected chi connectivity index (χ0v) is 10.9. The van der Waals surface area contributed by atoms with Crippen molar-refractivity contribution in [2.75, 3.05) is 17.6 Å². The Hall–Kier alpha value is -1.10. The average molecular weight is 259 g/mol. The van der Waals surface area contributed by atoms with Crippen molar-refractivity contribution in [3.63, 3.8) is 0 Å². The molecule has 5 heteroatoms. The van der Waals surface area contributed by atoms with Gasteiger partial charge in [0.1, 0.15) is 5.82 Å². The zero-order valence-electron chi connectivity index (χ0n) is 10.1. The van der Waals surface area contributed by atoms with E-state index in [0.29, 0.717) is 18.7 Å². The summed E-state index contributed by atoms with van der Waals surface area (Å²) in [6, 6.07) is 5.98. The van der Waals surface area contributed by atoms with Crippen LogP contribution in [0, 0.1) is 5.82 Å². The van der Waals surface area contributed by atoms with Crippen LogP contribution in [0.4, 0.5) is 10.1 Å². The van der Waals surface area contributed by atoms with Gasteiger partial charge in [-0.3, -0.25) is 0 Å².